The van der Waals surface area contributed by atoms with Crippen LogP contribution in [0.15, 0.2) is 66.9 Å². The first-order valence-corrected chi connectivity index (χ1v) is 11.6. The van der Waals surface area contributed by atoms with E-state index in [1.54, 1.807) is 7.11 Å². The second-order valence-corrected chi connectivity index (χ2v) is 8.40. The Morgan fingerprint density at radius 3 is 2.33 bits per heavy atom. The summed E-state index contributed by atoms with van der Waals surface area (Å²) in [6, 6.07) is 20.6. The topological polar surface area (TPSA) is 62.6 Å². The van der Waals surface area contributed by atoms with Gasteiger partial charge in [0.1, 0.15) is 0 Å². The monoisotopic (exact) mass is 447 g/mol. The lowest BCUT2D eigenvalue weighted by Gasteiger charge is -2.34. The third-order valence-electron chi connectivity index (χ3n) is 5.93. The number of carbonyl (C=O) groups is 1. The molecule has 2 aromatic carbocycles. The van der Waals surface area contributed by atoms with E-state index < -0.39 is 0 Å². The van der Waals surface area contributed by atoms with E-state index in [1.807, 2.05) is 28.9 Å². The summed E-state index contributed by atoms with van der Waals surface area (Å²) in [5.41, 5.74) is 4.43. The van der Waals surface area contributed by atoms with E-state index in [0.717, 1.165) is 56.1 Å². The van der Waals surface area contributed by atoms with Crippen molar-refractivity contribution in [3.63, 3.8) is 0 Å². The molecule has 0 saturated carbocycles. The van der Waals surface area contributed by atoms with Crippen molar-refractivity contribution in [2.75, 3.05) is 53.0 Å². The largest absolute Gasteiger partial charge is 0.385 e. The molecule has 3 aromatic rings. The molecular formula is C26H33N5O2. The quantitative estimate of drug-likeness (QED) is 0.484. The molecule has 0 atom stereocenters. The third kappa shape index (κ3) is 6.51. The number of carbonyl (C=O) groups excluding carboxylic acids is 1. The first-order chi connectivity index (χ1) is 16.2. The summed E-state index contributed by atoms with van der Waals surface area (Å²) in [4.78, 5) is 16.8. The van der Waals surface area contributed by atoms with E-state index in [9.17, 15) is 4.79 Å². The summed E-state index contributed by atoms with van der Waals surface area (Å²) in [5.74, 6) is 0.0926. The minimum Gasteiger partial charge on any atom is -0.385 e. The van der Waals surface area contributed by atoms with Gasteiger partial charge in [-0.05, 0) is 18.6 Å². The molecule has 7 nitrogen and oxygen atoms in total. The van der Waals surface area contributed by atoms with Crippen molar-refractivity contribution in [2.24, 2.45) is 0 Å². The summed E-state index contributed by atoms with van der Waals surface area (Å²) in [7, 11) is 1.68. The minimum atomic E-state index is 0.0926. The number of ether oxygens (including phenoxy) is 1. The number of hydrogen-bond donors (Lipinski definition) is 1. The number of amides is 1. The fourth-order valence-electron chi connectivity index (χ4n) is 4.13. The molecule has 7 heteroatoms. The lowest BCUT2D eigenvalue weighted by atomic mass is 10.1. The fourth-order valence-corrected chi connectivity index (χ4v) is 4.13. The highest BCUT2D eigenvalue weighted by atomic mass is 16.5. The van der Waals surface area contributed by atoms with Crippen LogP contribution in [-0.2, 0) is 16.1 Å². The highest BCUT2D eigenvalue weighted by Gasteiger charge is 2.21. The molecular weight excluding hydrogens is 414 g/mol. The lowest BCUT2D eigenvalue weighted by Crippen LogP contribution is -2.49. The van der Waals surface area contributed by atoms with Gasteiger partial charge in [-0.1, -0.05) is 48.5 Å². The Hall–Kier alpha value is -3.00. The average Bonchev–Trinajstić information content (AvgIpc) is 3.28. The third-order valence-corrected chi connectivity index (χ3v) is 5.93. The van der Waals surface area contributed by atoms with E-state index in [1.165, 1.54) is 5.56 Å². The van der Waals surface area contributed by atoms with Gasteiger partial charge in [0.2, 0.25) is 5.91 Å². The van der Waals surface area contributed by atoms with Crippen molar-refractivity contribution in [3.8, 4) is 16.9 Å². The number of aromatic nitrogens is 2. The second kappa shape index (κ2) is 11.7. The standard InChI is InChI=1S/C26H33N5O2/c1-33-18-8-13-27-25(32)21-30-16-14-29(15-17-30)19-23-20-31(24-11-6-3-7-12-24)28-26(23)22-9-4-2-5-10-22/h2-7,9-12,20H,8,13-19,21H2,1H3,(H,27,32). The van der Waals surface area contributed by atoms with Crippen LogP contribution in [0.2, 0.25) is 0 Å². The highest BCUT2D eigenvalue weighted by molar-refractivity contribution is 5.78. The first kappa shape index (κ1) is 23.2. The number of nitrogens with zero attached hydrogens (tertiary/aromatic N) is 4. The molecule has 1 aromatic heterocycles. The summed E-state index contributed by atoms with van der Waals surface area (Å²) in [6.45, 7) is 6.28. The zero-order valence-electron chi connectivity index (χ0n) is 19.3. The van der Waals surface area contributed by atoms with E-state index in [2.05, 4.69) is 57.7 Å². The molecule has 33 heavy (non-hydrogen) atoms. The summed E-state index contributed by atoms with van der Waals surface area (Å²) < 4.78 is 7.00. The molecule has 2 heterocycles. The first-order valence-electron chi connectivity index (χ1n) is 11.6. The van der Waals surface area contributed by atoms with Crippen LogP contribution < -0.4 is 5.32 Å². The molecule has 174 valence electrons. The number of benzene rings is 2. The molecule has 0 unspecified atom stereocenters. The van der Waals surface area contributed by atoms with Crippen molar-refractivity contribution in [2.45, 2.75) is 13.0 Å². The molecule has 0 radical (unpaired) electrons. The van der Waals surface area contributed by atoms with Crippen LogP contribution in [0.3, 0.4) is 0 Å². The Kier molecular flexibility index (Phi) is 8.24. The Balaban J connectivity index is 1.37. The van der Waals surface area contributed by atoms with Crippen molar-refractivity contribution in [1.82, 2.24) is 24.9 Å². The molecule has 1 saturated heterocycles. The van der Waals surface area contributed by atoms with Crippen LogP contribution in [0.25, 0.3) is 16.9 Å². The normalized spacial score (nSPS) is 14.9. The van der Waals surface area contributed by atoms with Gasteiger partial charge in [0.15, 0.2) is 0 Å². The lowest BCUT2D eigenvalue weighted by molar-refractivity contribution is -0.122. The van der Waals surface area contributed by atoms with E-state index >= 15 is 0 Å². The van der Waals surface area contributed by atoms with Crippen LogP contribution in [0.4, 0.5) is 0 Å². The zero-order chi connectivity index (χ0) is 22.9. The Bertz CT molecular complexity index is 998. The van der Waals surface area contributed by atoms with Gasteiger partial charge in [-0.25, -0.2) is 4.68 Å². The highest BCUT2D eigenvalue weighted by Crippen LogP contribution is 2.25. The molecule has 1 aliphatic rings. The number of hydrogen-bond acceptors (Lipinski definition) is 5. The SMILES string of the molecule is COCCCNC(=O)CN1CCN(Cc2cn(-c3ccccc3)nc2-c2ccccc2)CC1. The van der Waals surface area contributed by atoms with Crippen LogP contribution in [0.1, 0.15) is 12.0 Å². The van der Waals surface area contributed by atoms with Gasteiger partial charge in [-0.3, -0.25) is 14.6 Å². The summed E-state index contributed by atoms with van der Waals surface area (Å²) in [6.07, 6.45) is 2.99. The molecule has 4 rings (SSSR count). The number of methoxy groups -OCH3 is 1. The fraction of sp³-hybridized carbons (Fsp3) is 0.385. The Morgan fingerprint density at radius 1 is 0.970 bits per heavy atom. The Morgan fingerprint density at radius 2 is 1.64 bits per heavy atom. The van der Waals surface area contributed by atoms with Gasteiger partial charge < -0.3 is 10.1 Å². The van der Waals surface area contributed by atoms with Gasteiger partial charge >= 0.3 is 0 Å². The van der Waals surface area contributed by atoms with Crippen LogP contribution in [-0.4, -0.2) is 78.5 Å². The van der Waals surface area contributed by atoms with E-state index in [4.69, 9.17) is 9.84 Å². The molecule has 0 aliphatic carbocycles. The molecule has 1 aliphatic heterocycles. The molecule has 0 bridgehead atoms. The molecule has 1 N–H and O–H groups in total. The smallest absolute Gasteiger partial charge is 0.234 e. The van der Waals surface area contributed by atoms with Crippen molar-refractivity contribution in [3.05, 3.63) is 72.4 Å². The number of para-hydroxylation sites is 1. The van der Waals surface area contributed by atoms with Crippen LogP contribution in [0.5, 0.6) is 0 Å². The van der Waals surface area contributed by atoms with Gasteiger partial charge in [-0.15, -0.1) is 0 Å². The number of piperazine rings is 1. The van der Waals surface area contributed by atoms with E-state index in [0.29, 0.717) is 19.7 Å². The van der Waals surface area contributed by atoms with Crippen molar-refractivity contribution >= 4 is 5.91 Å². The van der Waals surface area contributed by atoms with Gasteiger partial charge in [0.05, 0.1) is 17.9 Å². The second-order valence-electron chi connectivity index (χ2n) is 8.40. The van der Waals surface area contributed by atoms with Gasteiger partial charge in [0, 0.05) is 70.3 Å². The van der Waals surface area contributed by atoms with E-state index in [-0.39, 0.29) is 5.91 Å². The minimum absolute atomic E-state index is 0.0926. The van der Waals surface area contributed by atoms with Gasteiger partial charge in [0.25, 0.3) is 0 Å². The predicted octanol–water partition coefficient (Wildman–Crippen LogP) is 2.81. The maximum Gasteiger partial charge on any atom is 0.234 e. The summed E-state index contributed by atoms with van der Waals surface area (Å²) >= 11 is 0. The van der Waals surface area contributed by atoms with Crippen molar-refractivity contribution in [1.29, 1.82) is 0 Å². The number of nitrogens with one attached hydrogen (secondary N) is 1. The van der Waals surface area contributed by atoms with Crippen LogP contribution >= 0.6 is 0 Å². The Labute approximate surface area is 196 Å². The maximum absolute atomic E-state index is 12.2. The van der Waals surface area contributed by atoms with Gasteiger partial charge in [-0.2, -0.15) is 5.10 Å². The molecule has 1 amide bonds. The number of rotatable bonds is 10. The van der Waals surface area contributed by atoms with Crippen molar-refractivity contribution < 1.29 is 9.53 Å². The zero-order valence-corrected chi connectivity index (χ0v) is 19.3. The predicted molar refractivity (Wildman–Crippen MR) is 130 cm³/mol. The molecule has 0 spiro atoms. The maximum atomic E-state index is 12.2. The average molecular weight is 448 g/mol. The van der Waals surface area contributed by atoms with Crippen LogP contribution in [0, 0.1) is 0 Å². The molecule has 1 fully saturated rings. The summed E-state index contributed by atoms with van der Waals surface area (Å²) in [5, 5.41) is 7.90.